The summed E-state index contributed by atoms with van der Waals surface area (Å²) < 4.78 is 0. The second-order valence-corrected chi connectivity index (χ2v) is 4.22. The van der Waals surface area contributed by atoms with Gasteiger partial charge in [-0.1, -0.05) is 6.92 Å². The molecule has 5 nitrogen and oxygen atoms in total. The molecule has 1 rings (SSSR count). The molecule has 0 spiro atoms. The van der Waals surface area contributed by atoms with Crippen LogP contribution in [0.2, 0.25) is 0 Å². The van der Waals surface area contributed by atoms with Gasteiger partial charge in [0.25, 0.3) is 0 Å². The van der Waals surface area contributed by atoms with Gasteiger partial charge in [0.05, 0.1) is 6.54 Å². The average molecular weight is 213 g/mol. The van der Waals surface area contributed by atoms with E-state index in [1.807, 2.05) is 0 Å². The van der Waals surface area contributed by atoms with Gasteiger partial charge in [-0.05, 0) is 38.3 Å². The summed E-state index contributed by atoms with van der Waals surface area (Å²) in [7, 11) is 0. The molecule has 0 aromatic rings. The number of hydrogen-bond acceptors (Lipinski definition) is 3. The van der Waals surface area contributed by atoms with Crippen molar-refractivity contribution in [3.05, 3.63) is 0 Å². The number of imide groups is 1. The van der Waals surface area contributed by atoms with E-state index >= 15 is 0 Å². The molecule has 1 fully saturated rings. The van der Waals surface area contributed by atoms with Gasteiger partial charge < -0.3 is 5.73 Å². The summed E-state index contributed by atoms with van der Waals surface area (Å²) in [5, 5.41) is 2.08. The van der Waals surface area contributed by atoms with E-state index in [1.165, 1.54) is 6.42 Å². The Labute approximate surface area is 90.0 Å². The molecule has 1 saturated heterocycles. The van der Waals surface area contributed by atoms with Gasteiger partial charge in [-0.15, -0.1) is 0 Å². The Hall–Kier alpha value is -1.10. The fourth-order valence-electron chi connectivity index (χ4n) is 1.86. The minimum Gasteiger partial charge on any atom is -0.351 e. The van der Waals surface area contributed by atoms with Gasteiger partial charge in [0.2, 0.25) is 5.91 Å². The quantitative estimate of drug-likeness (QED) is 0.693. The smallest absolute Gasteiger partial charge is 0.318 e. The van der Waals surface area contributed by atoms with Gasteiger partial charge in [0, 0.05) is 0 Å². The number of urea groups is 1. The maximum Gasteiger partial charge on any atom is 0.318 e. The van der Waals surface area contributed by atoms with Gasteiger partial charge in [0.15, 0.2) is 0 Å². The molecule has 0 aliphatic carbocycles. The number of hydrogen-bond donors (Lipinski definition) is 2. The third-order valence-corrected chi connectivity index (χ3v) is 2.74. The van der Waals surface area contributed by atoms with Gasteiger partial charge in [-0.3, -0.25) is 15.0 Å². The number of carbonyl (C=O) groups is 2. The third kappa shape index (κ3) is 4.78. The molecule has 1 aliphatic heterocycles. The van der Waals surface area contributed by atoms with E-state index in [0.717, 1.165) is 31.8 Å². The largest absolute Gasteiger partial charge is 0.351 e. The zero-order chi connectivity index (χ0) is 11.3. The Balaban J connectivity index is 2.31. The first-order valence-corrected chi connectivity index (χ1v) is 5.39. The summed E-state index contributed by atoms with van der Waals surface area (Å²) in [6.07, 6.45) is 3.45. The number of primary amides is 1. The number of carbonyl (C=O) groups excluding carboxylic acids is 2. The van der Waals surface area contributed by atoms with Gasteiger partial charge in [0.1, 0.15) is 0 Å². The summed E-state index contributed by atoms with van der Waals surface area (Å²) in [5.74, 6) is 0.422. The van der Waals surface area contributed by atoms with Crippen LogP contribution < -0.4 is 11.1 Å². The van der Waals surface area contributed by atoms with E-state index in [9.17, 15) is 9.59 Å². The Morgan fingerprint density at radius 3 is 2.80 bits per heavy atom. The molecule has 3 amide bonds. The molecule has 5 heteroatoms. The second kappa shape index (κ2) is 5.70. The third-order valence-electron chi connectivity index (χ3n) is 2.74. The van der Waals surface area contributed by atoms with Crippen LogP contribution in [0, 0.1) is 5.92 Å². The highest BCUT2D eigenvalue weighted by molar-refractivity contribution is 5.94. The predicted octanol–water partition coefficient (Wildman–Crippen LogP) is 0.303. The molecular weight excluding hydrogens is 194 g/mol. The molecule has 0 saturated carbocycles. The minimum atomic E-state index is -0.775. The predicted molar refractivity (Wildman–Crippen MR) is 57.2 cm³/mol. The fourth-order valence-corrected chi connectivity index (χ4v) is 1.86. The molecule has 3 N–H and O–H groups in total. The highest BCUT2D eigenvalue weighted by Crippen LogP contribution is 2.15. The molecule has 1 heterocycles. The molecule has 1 unspecified atom stereocenters. The lowest BCUT2D eigenvalue weighted by molar-refractivity contribution is -0.121. The molecule has 0 aromatic carbocycles. The molecular formula is C10H19N3O2. The van der Waals surface area contributed by atoms with E-state index in [2.05, 4.69) is 17.1 Å². The lowest BCUT2D eigenvalue weighted by atomic mass is 10.0. The van der Waals surface area contributed by atoms with Crippen LogP contribution in [0.3, 0.4) is 0 Å². The molecule has 1 aliphatic rings. The zero-order valence-corrected chi connectivity index (χ0v) is 9.16. The lowest BCUT2D eigenvalue weighted by Gasteiger charge is -2.18. The maximum absolute atomic E-state index is 11.3. The second-order valence-electron chi connectivity index (χ2n) is 4.22. The first kappa shape index (κ1) is 12.0. The minimum absolute atomic E-state index is 0.273. The van der Waals surface area contributed by atoms with Gasteiger partial charge in [-0.2, -0.15) is 0 Å². The Morgan fingerprint density at radius 1 is 1.40 bits per heavy atom. The van der Waals surface area contributed by atoms with Crippen molar-refractivity contribution < 1.29 is 9.59 Å². The number of likely N-dealkylation sites (tertiary alicyclic amines) is 1. The number of amides is 3. The van der Waals surface area contributed by atoms with E-state index in [-0.39, 0.29) is 12.5 Å². The molecule has 0 bridgehead atoms. The van der Waals surface area contributed by atoms with E-state index in [0.29, 0.717) is 0 Å². The van der Waals surface area contributed by atoms with E-state index in [1.54, 1.807) is 0 Å². The van der Waals surface area contributed by atoms with Crippen molar-refractivity contribution in [2.24, 2.45) is 11.7 Å². The van der Waals surface area contributed by atoms with Crippen LogP contribution in [-0.2, 0) is 4.79 Å². The van der Waals surface area contributed by atoms with Crippen LogP contribution in [-0.4, -0.2) is 36.5 Å². The van der Waals surface area contributed by atoms with Gasteiger partial charge >= 0.3 is 6.03 Å². The molecule has 1 atom stereocenters. The van der Waals surface area contributed by atoms with Crippen molar-refractivity contribution in [2.75, 3.05) is 19.6 Å². The van der Waals surface area contributed by atoms with Crippen LogP contribution in [0.1, 0.15) is 26.2 Å². The first-order chi connectivity index (χ1) is 7.08. The molecule has 0 radical (unpaired) electrons. The Morgan fingerprint density at radius 2 is 2.13 bits per heavy atom. The van der Waals surface area contributed by atoms with Crippen LogP contribution in [0.5, 0.6) is 0 Å². The molecule has 86 valence electrons. The monoisotopic (exact) mass is 213 g/mol. The van der Waals surface area contributed by atoms with Crippen molar-refractivity contribution >= 4 is 11.9 Å². The summed E-state index contributed by atoms with van der Waals surface area (Å²) in [6.45, 7) is 4.35. The Kier molecular flexibility index (Phi) is 4.55. The number of nitrogens with one attached hydrogen (secondary N) is 1. The summed E-state index contributed by atoms with van der Waals surface area (Å²) >= 11 is 0. The molecule has 0 aromatic heterocycles. The number of rotatable bonds is 2. The highest BCUT2D eigenvalue weighted by Gasteiger charge is 2.16. The average Bonchev–Trinajstić information content (AvgIpc) is 2.29. The lowest BCUT2D eigenvalue weighted by Crippen LogP contribution is -2.42. The molecule has 15 heavy (non-hydrogen) atoms. The van der Waals surface area contributed by atoms with Crippen molar-refractivity contribution in [3.63, 3.8) is 0 Å². The zero-order valence-electron chi connectivity index (χ0n) is 9.16. The fraction of sp³-hybridized carbons (Fsp3) is 0.800. The SMILES string of the molecule is CC1CCCN(CC(=O)NC(N)=O)CC1. The standard InChI is InChI=1S/C10H19N3O2/c1-8-3-2-5-13(6-4-8)7-9(14)12-10(11)15/h8H,2-7H2,1H3,(H3,11,12,14,15). The summed E-state index contributed by atoms with van der Waals surface area (Å²) in [5.41, 5.74) is 4.86. The number of nitrogens with two attached hydrogens (primary N) is 1. The normalized spacial score (nSPS) is 23.1. The summed E-state index contributed by atoms with van der Waals surface area (Å²) in [4.78, 5) is 23.8. The van der Waals surface area contributed by atoms with Crippen LogP contribution in [0.25, 0.3) is 0 Å². The summed E-state index contributed by atoms with van der Waals surface area (Å²) in [6, 6.07) is -0.775. The first-order valence-electron chi connectivity index (χ1n) is 5.39. The topological polar surface area (TPSA) is 75.4 Å². The van der Waals surface area contributed by atoms with Crippen LogP contribution >= 0.6 is 0 Å². The van der Waals surface area contributed by atoms with Crippen LogP contribution in [0.15, 0.2) is 0 Å². The van der Waals surface area contributed by atoms with E-state index in [4.69, 9.17) is 5.73 Å². The van der Waals surface area contributed by atoms with Crippen molar-refractivity contribution in [2.45, 2.75) is 26.2 Å². The van der Waals surface area contributed by atoms with Crippen molar-refractivity contribution in [3.8, 4) is 0 Å². The van der Waals surface area contributed by atoms with Crippen molar-refractivity contribution in [1.29, 1.82) is 0 Å². The van der Waals surface area contributed by atoms with Crippen molar-refractivity contribution in [1.82, 2.24) is 10.2 Å². The van der Waals surface area contributed by atoms with Gasteiger partial charge in [-0.25, -0.2) is 4.79 Å². The highest BCUT2D eigenvalue weighted by atomic mass is 16.2. The number of nitrogens with zero attached hydrogens (tertiary/aromatic N) is 1. The maximum atomic E-state index is 11.3. The van der Waals surface area contributed by atoms with E-state index < -0.39 is 6.03 Å². The Bertz CT molecular complexity index is 243. The van der Waals surface area contributed by atoms with Crippen LogP contribution in [0.4, 0.5) is 4.79 Å².